The van der Waals surface area contributed by atoms with Crippen molar-refractivity contribution in [2.24, 2.45) is 4.99 Å². The van der Waals surface area contributed by atoms with Crippen LogP contribution in [-0.4, -0.2) is 45.9 Å². The van der Waals surface area contributed by atoms with Crippen molar-refractivity contribution in [3.63, 3.8) is 0 Å². The van der Waals surface area contributed by atoms with Crippen LogP contribution < -0.4 is 20.3 Å². The van der Waals surface area contributed by atoms with Gasteiger partial charge in [-0.1, -0.05) is 30.3 Å². The summed E-state index contributed by atoms with van der Waals surface area (Å²) < 4.78 is 10.7. The molecule has 158 valence electrons. The second-order valence-corrected chi connectivity index (χ2v) is 6.62. The number of rotatable bonds is 7. The first-order valence-electron chi connectivity index (χ1n) is 9.86. The van der Waals surface area contributed by atoms with Crippen LogP contribution in [0.25, 0.3) is 0 Å². The molecule has 2 aromatic carbocycles. The average Bonchev–Trinajstić information content (AvgIpc) is 2.77. The number of ether oxygens (including phenoxy) is 2. The zero-order valence-electron chi connectivity index (χ0n) is 17.2. The minimum atomic E-state index is 0. The van der Waals surface area contributed by atoms with Crippen molar-refractivity contribution in [2.75, 3.05) is 44.9 Å². The molecule has 1 heterocycles. The lowest BCUT2D eigenvalue weighted by atomic mass is 10.1. The van der Waals surface area contributed by atoms with Gasteiger partial charge in [0.25, 0.3) is 0 Å². The van der Waals surface area contributed by atoms with Gasteiger partial charge in [0.1, 0.15) is 5.75 Å². The average molecular weight is 510 g/mol. The van der Waals surface area contributed by atoms with Crippen LogP contribution in [0.5, 0.6) is 5.75 Å². The molecule has 7 heteroatoms. The highest BCUT2D eigenvalue weighted by Gasteiger charge is 2.14. The van der Waals surface area contributed by atoms with Crippen LogP contribution in [-0.2, 0) is 17.8 Å². The molecule has 0 aromatic heterocycles. The van der Waals surface area contributed by atoms with E-state index in [0.29, 0.717) is 6.54 Å². The molecule has 0 saturated carbocycles. The number of para-hydroxylation sites is 1. The normalized spacial score (nSPS) is 14.1. The maximum Gasteiger partial charge on any atom is 0.191 e. The second kappa shape index (κ2) is 12.5. The Balaban J connectivity index is 0.00000300. The molecule has 2 N–H and O–H groups in total. The molecule has 0 spiro atoms. The van der Waals surface area contributed by atoms with E-state index in [9.17, 15) is 0 Å². The SMILES string of the molecule is CCNC(=NCc1ccc(OC)cc1)NCc1ccccc1N1CCOCC1.I. The Kier molecular flexibility index (Phi) is 10.1. The van der Waals surface area contributed by atoms with Gasteiger partial charge in [-0.25, -0.2) is 4.99 Å². The van der Waals surface area contributed by atoms with Crippen LogP contribution in [0.15, 0.2) is 53.5 Å². The van der Waals surface area contributed by atoms with Gasteiger partial charge in [0.15, 0.2) is 5.96 Å². The van der Waals surface area contributed by atoms with Crippen molar-refractivity contribution >= 4 is 35.6 Å². The number of morpholine rings is 1. The molecule has 29 heavy (non-hydrogen) atoms. The zero-order chi connectivity index (χ0) is 19.6. The van der Waals surface area contributed by atoms with Crippen molar-refractivity contribution in [1.82, 2.24) is 10.6 Å². The van der Waals surface area contributed by atoms with Gasteiger partial charge >= 0.3 is 0 Å². The van der Waals surface area contributed by atoms with E-state index < -0.39 is 0 Å². The molecule has 0 bridgehead atoms. The van der Waals surface area contributed by atoms with E-state index in [4.69, 9.17) is 14.5 Å². The molecule has 0 aliphatic carbocycles. The van der Waals surface area contributed by atoms with E-state index in [1.807, 2.05) is 24.3 Å². The minimum Gasteiger partial charge on any atom is -0.497 e. The third-order valence-corrected chi connectivity index (χ3v) is 4.71. The van der Waals surface area contributed by atoms with Gasteiger partial charge in [-0.15, -0.1) is 24.0 Å². The van der Waals surface area contributed by atoms with Crippen molar-refractivity contribution in [2.45, 2.75) is 20.0 Å². The van der Waals surface area contributed by atoms with E-state index in [-0.39, 0.29) is 24.0 Å². The highest BCUT2D eigenvalue weighted by molar-refractivity contribution is 14.0. The van der Waals surface area contributed by atoms with Gasteiger partial charge in [-0.3, -0.25) is 0 Å². The van der Waals surface area contributed by atoms with Gasteiger partial charge in [0.05, 0.1) is 26.9 Å². The second-order valence-electron chi connectivity index (χ2n) is 6.62. The van der Waals surface area contributed by atoms with Crippen LogP contribution in [0, 0.1) is 0 Å². The molecule has 0 unspecified atom stereocenters. The first-order valence-corrected chi connectivity index (χ1v) is 9.86. The molecular formula is C22H31IN4O2. The first kappa shape index (κ1) is 23.3. The lowest BCUT2D eigenvalue weighted by Gasteiger charge is -2.30. The summed E-state index contributed by atoms with van der Waals surface area (Å²) in [7, 11) is 1.68. The largest absolute Gasteiger partial charge is 0.497 e. The number of nitrogens with one attached hydrogen (secondary N) is 2. The molecular weight excluding hydrogens is 479 g/mol. The van der Waals surface area contributed by atoms with E-state index in [2.05, 4.69) is 46.7 Å². The maximum atomic E-state index is 5.49. The van der Waals surface area contributed by atoms with Crippen molar-refractivity contribution in [3.8, 4) is 5.75 Å². The molecule has 1 aliphatic rings. The summed E-state index contributed by atoms with van der Waals surface area (Å²) in [5, 5.41) is 6.79. The van der Waals surface area contributed by atoms with E-state index in [1.54, 1.807) is 7.11 Å². The molecule has 1 saturated heterocycles. The number of aliphatic imine (C=N–C) groups is 1. The van der Waals surface area contributed by atoms with Crippen molar-refractivity contribution in [3.05, 3.63) is 59.7 Å². The smallest absolute Gasteiger partial charge is 0.191 e. The molecule has 0 atom stereocenters. The predicted molar refractivity (Wildman–Crippen MR) is 130 cm³/mol. The zero-order valence-corrected chi connectivity index (χ0v) is 19.5. The van der Waals surface area contributed by atoms with Crippen LogP contribution in [0.3, 0.4) is 0 Å². The number of anilines is 1. The summed E-state index contributed by atoms with van der Waals surface area (Å²) in [6.07, 6.45) is 0. The fourth-order valence-electron chi connectivity index (χ4n) is 3.20. The Hall–Kier alpha value is -2.00. The van der Waals surface area contributed by atoms with E-state index >= 15 is 0 Å². The van der Waals surface area contributed by atoms with Crippen molar-refractivity contribution in [1.29, 1.82) is 0 Å². The summed E-state index contributed by atoms with van der Waals surface area (Å²) in [5.74, 6) is 1.67. The van der Waals surface area contributed by atoms with Crippen LogP contribution >= 0.6 is 24.0 Å². The Morgan fingerprint density at radius 3 is 2.48 bits per heavy atom. The number of guanidine groups is 1. The third kappa shape index (κ3) is 7.08. The quantitative estimate of drug-likeness (QED) is 0.340. The summed E-state index contributed by atoms with van der Waals surface area (Å²) in [5.41, 5.74) is 3.68. The lowest BCUT2D eigenvalue weighted by Crippen LogP contribution is -2.39. The molecule has 0 amide bonds. The molecule has 2 aromatic rings. The van der Waals surface area contributed by atoms with Crippen LogP contribution in [0.1, 0.15) is 18.1 Å². The Morgan fingerprint density at radius 2 is 1.79 bits per heavy atom. The van der Waals surface area contributed by atoms with Gasteiger partial charge in [-0.2, -0.15) is 0 Å². The molecule has 6 nitrogen and oxygen atoms in total. The summed E-state index contributed by atoms with van der Waals surface area (Å²) in [4.78, 5) is 7.11. The van der Waals surface area contributed by atoms with Crippen LogP contribution in [0.2, 0.25) is 0 Å². The van der Waals surface area contributed by atoms with E-state index in [0.717, 1.165) is 56.7 Å². The third-order valence-electron chi connectivity index (χ3n) is 4.71. The highest BCUT2D eigenvalue weighted by atomic mass is 127. The van der Waals surface area contributed by atoms with E-state index in [1.165, 1.54) is 11.3 Å². The Morgan fingerprint density at radius 1 is 1.07 bits per heavy atom. The predicted octanol–water partition coefficient (Wildman–Crippen LogP) is 3.41. The lowest BCUT2D eigenvalue weighted by molar-refractivity contribution is 0.122. The molecule has 1 fully saturated rings. The fourth-order valence-corrected chi connectivity index (χ4v) is 3.20. The van der Waals surface area contributed by atoms with Gasteiger partial charge in [0.2, 0.25) is 0 Å². The number of nitrogens with zero attached hydrogens (tertiary/aromatic N) is 2. The molecule has 1 aliphatic heterocycles. The molecule has 0 radical (unpaired) electrons. The highest BCUT2D eigenvalue weighted by Crippen LogP contribution is 2.21. The monoisotopic (exact) mass is 510 g/mol. The number of hydrogen-bond acceptors (Lipinski definition) is 4. The van der Waals surface area contributed by atoms with Gasteiger partial charge in [-0.05, 0) is 36.2 Å². The van der Waals surface area contributed by atoms with Gasteiger partial charge < -0.3 is 25.0 Å². The Labute approximate surface area is 190 Å². The number of methoxy groups -OCH3 is 1. The number of benzene rings is 2. The Bertz CT molecular complexity index is 762. The summed E-state index contributed by atoms with van der Waals surface area (Å²) in [6, 6.07) is 16.5. The summed E-state index contributed by atoms with van der Waals surface area (Å²) >= 11 is 0. The maximum absolute atomic E-state index is 5.49. The number of hydrogen-bond donors (Lipinski definition) is 2. The molecule has 3 rings (SSSR count). The topological polar surface area (TPSA) is 58.1 Å². The first-order chi connectivity index (χ1) is 13.8. The van der Waals surface area contributed by atoms with Crippen LogP contribution in [0.4, 0.5) is 5.69 Å². The van der Waals surface area contributed by atoms with Gasteiger partial charge in [0, 0.05) is 31.9 Å². The standard InChI is InChI=1S/C22H30N4O2.HI/c1-3-23-22(24-16-18-8-10-20(27-2)11-9-18)25-17-19-6-4-5-7-21(19)26-12-14-28-15-13-26;/h4-11H,3,12-17H2,1-2H3,(H2,23,24,25);1H. The summed E-state index contributed by atoms with van der Waals surface area (Å²) in [6.45, 7) is 7.67. The number of halogens is 1. The fraction of sp³-hybridized carbons (Fsp3) is 0.409. The van der Waals surface area contributed by atoms with Crippen molar-refractivity contribution < 1.29 is 9.47 Å². The minimum absolute atomic E-state index is 0.